The molecule has 2 aromatic rings. The second-order valence-corrected chi connectivity index (χ2v) is 6.11. The number of thiocarbonyl (C=S) groups is 1. The Morgan fingerprint density at radius 2 is 1.96 bits per heavy atom. The SMILES string of the molecule is CCCN(C)c1ccc(C=NNC(=S)Nc2cccc(C)c2)cc1. The molecule has 4 nitrogen and oxygen atoms in total. The van der Waals surface area contributed by atoms with Crippen LogP contribution in [-0.4, -0.2) is 24.9 Å². The summed E-state index contributed by atoms with van der Waals surface area (Å²) in [7, 11) is 2.10. The lowest BCUT2D eigenvalue weighted by molar-refractivity contribution is 0.852. The Morgan fingerprint density at radius 1 is 1.21 bits per heavy atom. The number of benzene rings is 2. The van der Waals surface area contributed by atoms with E-state index >= 15 is 0 Å². The minimum atomic E-state index is 0.469. The molecule has 0 aliphatic rings. The van der Waals surface area contributed by atoms with Crippen molar-refractivity contribution in [1.29, 1.82) is 0 Å². The van der Waals surface area contributed by atoms with Gasteiger partial charge in [0.15, 0.2) is 5.11 Å². The average Bonchev–Trinajstić information content (AvgIpc) is 2.55. The number of nitrogens with one attached hydrogen (secondary N) is 2. The highest BCUT2D eigenvalue weighted by atomic mass is 32.1. The number of aryl methyl sites for hydroxylation is 1. The fourth-order valence-corrected chi connectivity index (χ4v) is 2.50. The first-order valence-corrected chi connectivity index (χ1v) is 8.47. The highest BCUT2D eigenvalue weighted by Gasteiger charge is 1.99. The van der Waals surface area contributed by atoms with Crippen LogP contribution in [-0.2, 0) is 0 Å². The third kappa shape index (κ3) is 5.66. The Bertz CT molecular complexity index is 695. The lowest BCUT2D eigenvalue weighted by Gasteiger charge is -2.18. The van der Waals surface area contributed by atoms with E-state index in [1.807, 2.05) is 43.3 Å². The quantitative estimate of drug-likeness (QED) is 0.470. The van der Waals surface area contributed by atoms with Gasteiger partial charge in [-0.3, -0.25) is 5.43 Å². The Morgan fingerprint density at radius 3 is 2.62 bits per heavy atom. The standard InChI is InChI=1S/C19H24N4S/c1-4-12-23(3)18-10-8-16(9-11-18)14-20-22-19(24)21-17-7-5-6-15(2)13-17/h5-11,13-14H,4,12H2,1-3H3,(H2,21,22,24). The van der Waals surface area contributed by atoms with Crippen LogP contribution in [0.3, 0.4) is 0 Å². The van der Waals surface area contributed by atoms with Crippen molar-refractivity contribution in [3.8, 4) is 0 Å². The molecule has 126 valence electrons. The maximum Gasteiger partial charge on any atom is 0.191 e. The summed E-state index contributed by atoms with van der Waals surface area (Å²) in [6.45, 7) is 5.27. The van der Waals surface area contributed by atoms with Crippen molar-refractivity contribution in [2.75, 3.05) is 23.8 Å². The number of rotatable bonds is 6. The predicted octanol–water partition coefficient (Wildman–Crippen LogP) is 4.16. The van der Waals surface area contributed by atoms with Gasteiger partial charge >= 0.3 is 0 Å². The van der Waals surface area contributed by atoms with Crippen LogP contribution in [0.1, 0.15) is 24.5 Å². The molecule has 24 heavy (non-hydrogen) atoms. The van der Waals surface area contributed by atoms with E-state index in [0.717, 1.165) is 24.2 Å². The molecule has 2 aromatic carbocycles. The van der Waals surface area contributed by atoms with Crippen molar-refractivity contribution >= 4 is 34.9 Å². The summed E-state index contributed by atoms with van der Waals surface area (Å²) in [5.74, 6) is 0. The summed E-state index contributed by atoms with van der Waals surface area (Å²) >= 11 is 5.24. The fourth-order valence-electron chi connectivity index (χ4n) is 2.33. The van der Waals surface area contributed by atoms with E-state index in [4.69, 9.17) is 12.2 Å². The van der Waals surface area contributed by atoms with E-state index in [1.165, 1.54) is 11.3 Å². The lowest BCUT2D eigenvalue weighted by Crippen LogP contribution is -2.23. The van der Waals surface area contributed by atoms with Crippen LogP contribution in [0.5, 0.6) is 0 Å². The molecule has 0 atom stereocenters. The van der Waals surface area contributed by atoms with Crippen molar-refractivity contribution in [2.24, 2.45) is 5.10 Å². The molecule has 0 unspecified atom stereocenters. The molecule has 0 spiro atoms. The molecule has 2 N–H and O–H groups in total. The van der Waals surface area contributed by atoms with Gasteiger partial charge in [0.05, 0.1) is 6.21 Å². The zero-order valence-corrected chi connectivity index (χ0v) is 15.2. The molecule has 0 bridgehead atoms. The number of anilines is 2. The Balaban J connectivity index is 1.86. The third-order valence-corrected chi connectivity index (χ3v) is 3.74. The van der Waals surface area contributed by atoms with Crippen molar-refractivity contribution in [2.45, 2.75) is 20.3 Å². The Kier molecular flexibility index (Phi) is 6.75. The van der Waals surface area contributed by atoms with Gasteiger partial charge in [-0.05, 0) is 61.0 Å². The summed E-state index contributed by atoms with van der Waals surface area (Å²) in [5.41, 5.74) is 7.20. The van der Waals surface area contributed by atoms with Crippen LogP contribution in [0.4, 0.5) is 11.4 Å². The predicted molar refractivity (Wildman–Crippen MR) is 108 cm³/mol. The van der Waals surface area contributed by atoms with Crippen LogP contribution in [0, 0.1) is 6.92 Å². The maximum absolute atomic E-state index is 5.24. The first-order chi connectivity index (χ1) is 11.6. The zero-order chi connectivity index (χ0) is 17.4. The normalized spacial score (nSPS) is 10.6. The highest BCUT2D eigenvalue weighted by molar-refractivity contribution is 7.80. The monoisotopic (exact) mass is 340 g/mol. The first-order valence-electron chi connectivity index (χ1n) is 8.06. The van der Waals surface area contributed by atoms with Crippen LogP contribution in [0.25, 0.3) is 0 Å². The molecule has 0 aliphatic heterocycles. The first kappa shape index (κ1) is 17.9. The van der Waals surface area contributed by atoms with Gasteiger partial charge in [-0.15, -0.1) is 0 Å². The van der Waals surface area contributed by atoms with Crippen LogP contribution < -0.4 is 15.6 Å². The highest BCUT2D eigenvalue weighted by Crippen LogP contribution is 2.13. The van der Waals surface area contributed by atoms with Gasteiger partial charge in [-0.1, -0.05) is 31.2 Å². The van der Waals surface area contributed by atoms with Crippen molar-refractivity contribution in [1.82, 2.24) is 5.43 Å². The lowest BCUT2D eigenvalue weighted by atomic mass is 10.2. The summed E-state index contributed by atoms with van der Waals surface area (Å²) in [6, 6.07) is 16.3. The largest absolute Gasteiger partial charge is 0.375 e. The van der Waals surface area contributed by atoms with Crippen LogP contribution in [0.15, 0.2) is 53.6 Å². The van der Waals surface area contributed by atoms with Gasteiger partial charge in [0.25, 0.3) is 0 Å². The molecule has 5 heteroatoms. The van der Waals surface area contributed by atoms with Gasteiger partial charge in [-0.25, -0.2) is 0 Å². The Labute approximate surface area is 149 Å². The summed E-state index contributed by atoms with van der Waals surface area (Å²) < 4.78 is 0. The van der Waals surface area contributed by atoms with Crippen molar-refractivity contribution in [3.05, 3.63) is 59.7 Å². The van der Waals surface area contributed by atoms with Gasteiger partial charge < -0.3 is 10.2 Å². The van der Waals surface area contributed by atoms with Crippen molar-refractivity contribution < 1.29 is 0 Å². The molecule has 0 saturated heterocycles. The molecule has 2 rings (SSSR count). The molecule has 0 amide bonds. The van der Waals surface area contributed by atoms with Gasteiger partial charge in [0.1, 0.15) is 0 Å². The zero-order valence-electron chi connectivity index (χ0n) is 14.4. The van der Waals surface area contributed by atoms with Gasteiger partial charge in [0.2, 0.25) is 0 Å². The minimum absolute atomic E-state index is 0.469. The number of hydrazone groups is 1. The maximum atomic E-state index is 5.24. The minimum Gasteiger partial charge on any atom is -0.375 e. The molecule has 0 saturated carbocycles. The van der Waals surface area contributed by atoms with Crippen molar-refractivity contribution in [3.63, 3.8) is 0 Å². The Hall–Kier alpha value is -2.40. The molecule has 0 aliphatic carbocycles. The van der Waals surface area contributed by atoms with E-state index in [2.05, 4.69) is 46.8 Å². The second kappa shape index (κ2) is 9.03. The number of hydrogen-bond acceptors (Lipinski definition) is 3. The van der Waals surface area contributed by atoms with Crippen LogP contribution >= 0.6 is 12.2 Å². The molecular weight excluding hydrogens is 316 g/mol. The van der Waals surface area contributed by atoms with E-state index in [9.17, 15) is 0 Å². The van der Waals surface area contributed by atoms with E-state index < -0.39 is 0 Å². The molecule has 0 heterocycles. The summed E-state index contributed by atoms with van der Waals surface area (Å²) in [5, 5.41) is 7.75. The number of nitrogens with zero attached hydrogens (tertiary/aromatic N) is 2. The van der Waals surface area contributed by atoms with Gasteiger partial charge in [-0.2, -0.15) is 5.10 Å². The topological polar surface area (TPSA) is 39.7 Å². The smallest absolute Gasteiger partial charge is 0.191 e. The van der Waals surface area contributed by atoms with E-state index in [-0.39, 0.29) is 0 Å². The number of hydrogen-bond donors (Lipinski definition) is 2. The molecule has 0 radical (unpaired) electrons. The third-order valence-electron chi connectivity index (χ3n) is 3.55. The summed E-state index contributed by atoms with van der Waals surface area (Å²) in [6.07, 6.45) is 2.89. The fraction of sp³-hybridized carbons (Fsp3) is 0.263. The molecule has 0 aromatic heterocycles. The molecule has 0 fully saturated rings. The van der Waals surface area contributed by atoms with Crippen LogP contribution in [0.2, 0.25) is 0 Å². The van der Waals surface area contributed by atoms with E-state index in [0.29, 0.717) is 5.11 Å². The average molecular weight is 340 g/mol. The summed E-state index contributed by atoms with van der Waals surface area (Å²) in [4.78, 5) is 2.24. The van der Waals surface area contributed by atoms with E-state index in [1.54, 1.807) is 6.21 Å². The molecular formula is C19H24N4S. The van der Waals surface area contributed by atoms with Gasteiger partial charge in [0, 0.05) is 25.0 Å². The second-order valence-electron chi connectivity index (χ2n) is 5.71.